The van der Waals surface area contributed by atoms with E-state index in [1.807, 2.05) is 6.07 Å². The fourth-order valence-corrected chi connectivity index (χ4v) is 3.56. The second-order valence-electron chi connectivity index (χ2n) is 6.88. The quantitative estimate of drug-likeness (QED) is 0.473. The Labute approximate surface area is 167 Å². The highest BCUT2D eigenvalue weighted by atomic mass is 19.4. The van der Waals surface area contributed by atoms with Gasteiger partial charge >= 0.3 is 6.18 Å². The monoisotopic (exact) mass is 409 g/mol. The number of aromatic amines is 1. The van der Waals surface area contributed by atoms with Crippen LogP contribution in [0.3, 0.4) is 0 Å². The van der Waals surface area contributed by atoms with E-state index in [-0.39, 0.29) is 16.6 Å². The maximum absolute atomic E-state index is 13.3. The van der Waals surface area contributed by atoms with E-state index in [0.717, 1.165) is 12.1 Å². The van der Waals surface area contributed by atoms with Gasteiger partial charge in [-0.15, -0.1) is 0 Å². The molecular weight excluding hydrogens is 395 g/mol. The van der Waals surface area contributed by atoms with Gasteiger partial charge in [0.05, 0.1) is 39.4 Å². The number of nitrogens with zero attached hydrogens (tertiary/aromatic N) is 4. The molecule has 6 nitrogen and oxygen atoms in total. The maximum Gasteiger partial charge on any atom is 0.416 e. The van der Waals surface area contributed by atoms with Gasteiger partial charge in [-0.1, -0.05) is 30.3 Å². The number of aryl methyl sites for hydroxylation is 1. The fourth-order valence-electron chi connectivity index (χ4n) is 3.56. The molecule has 5 aromatic rings. The Bertz CT molecular complexity index is 1460. The van der Waals surface area contributed by atoms with Crippen molar-refractivity contribution in [2.24, 2.45) is 7.05 Å². The summed E-state index contributed by atoms with van der Waals surface area (Å²) in [5.74, 6) is 0. The van der Waals surface area contributed by atoms with Crippen LogP contribution in [0.4, 0.5) is 13.2 Å². The summed E-state index contributed by atoms with van der Waals surface area (Å²) in [5, 5.41) is 8.09. The standard InChI is InChI=1S/C21H14F3N5O/c1-28-19-15(11-25-28)18-16(20(30)29(27-18)14-8-3-2-4-9-14)17(26-19)12-6-5-7-13(10-12)21(22,23)24/h2-11,27H,1H3. The van der Waals surface area contributed by atoms with Crippen LogP contribution < -0.4 is 5.56 Å². The van der Waals surface area contributed by atoms with E-state index < -0.39 is 17.3 Å². The van der Waals surface area contributed by atoms with E-state index in [2.05, 4.69) is 15.2 Å². The molecule has 0 amide bonds. The van der Waals surface area contributed by atoms with E-state index >= 15 is 0 Å². The van der Waals surface area contributed by atoms with Crippen LogP contribution in [0.15, 0.2) is 65.6 Å². The molecule has 0 aliphatic rings. The molecule has 0 atom stereocenters. The summed E-state index contributed by atoms with van der Waals surface area (Å²) in [4.78, 5) is 17.8. The zero-order valence-corrected chi connectivity index (χ0v) is 15.6. The first-order valence-corrected chi connectivity index (χ1v) is 9.04. The van der Waals surface area contributed by atoms with Gasteiger partial charge in [0, 0.05) is 12.6 Å². The summed E-state index contributed by atoms with van der Waals surface area (Å²) in [6.07, 6.45) is -2.93. The molecular formula is C21H14F3N5O. The summed E-state index contributed by atoms with van der Waals surface area (Å²) in [7, 11) is 1.68. The maximum atomic E-state index is 13.3. The molecule has 30 heavy (non-hydrogen) atoms. The van der Waals surface area contributed by atoms with Crippen LogP contribution in [0, 0.1) is 0 Å². The molecule has 0 radical (unpaired) electrons. The van der Waals surface area contributed by atoms with Crippen molar-refractivity contribution < 1.29 is 13.2 Å². The van der Waals surface area contributed by atoms with Crippen LogP contribution in [0.2, 0.25) is 0 Å². The average molecular weight is 409 g/mol. The third kappa shape index (κ3) is 2.70. The Morgan fingerprint density at radius 1 is 1.03 bits per heavy atom. The number of aromatic nitrogens is 5. The van der Waals surface area contributed by atoms with Crippen molar-refractivity contribution in [3.8, 4) is 16.9 Å². The topological polar surface area (TPSA) is 68.5 Å². The first kappa shape index (κ1) is 18.2. The molecule has 3 aromatic heterocycles. The zero-order valence-electron chi connectivity index (χ0n) is 15.6. The van der Waals surface area contributed by atoms with Crippen LogP contribution >= 0.6 is 0 Å². The minimum Gasteiger partial charge on any atom is -0.289 e. The van der Waals surface area contributed by atoms with Gasteiger partial charge in [0.25, 0.3) is 5.56 Å². The number of benzene rings is 2. The number of rotatable bonds is 2. The first-order valence-electron chi connectivity index (χ1n) is 9.04. The summed E-state index contributed by atoms with van der Waals surface area (Å²) in [6.45, 7) is 0. The molecule has 0 saturated carbocycles. The Balaban J connectivity index is 1.89. The zero-order chi connectivity index (χ0) is 21.0. The number of hydrogen-bond acceptors (Lipinski definition) is 3. The predicted molar refractivity (Wildman–Crippen MR) is 106 cm³/mol. The number of alkyl halides is 3. The van der Waals surface area contributed by atoms with Crippen LogP contribution in [-0.2, 0) is 13.2 Å². The molecule has 0 fully saturated rings. The van der Waals surface area contributed by atoms with E-state index in [4.69, 9.17) is 0 Å². The number of halogens is 3. The largest absolute Gasteiger partial charge is 0.416 e. The molecule has 150 valence electrons. The second-order valence-corrected chi connectivity index (χ2v) is 6.88. The van der Waals surface area contributed by atoms with Crippen molar-refractivity contribution in [2.75, 3.05) is 0 Å². The molecule has 0 unspecified atom stereocenters. The van der Waals surface area contributed by atoms with E-state index in [1.54, 1.807) is 37.5 Å². The Morgan fingerprint density at radius 2 is 1.80 bits per heavy atom. The Morgan fingerprint density at radius 3 is 2.53 bits per heavy atom. The Kier molecular flexibility index (Phi) is 3.82. The van der Waals surface area contributed by atoms with Gasteiger partial charge in [-0.25, -0.2) is 9.67 Å². The molecule has 0 saturated heterocycles. The molecule has 0 aliphatic carbocycles. The summed E-state index contributed by atoms with van der Waals surface area (Å²) < 4.78 is 42.7. The van der Waals surface area contributed by atoms with Gasteiger partial charge in [-0.3, -0.25) is 14.6 Å². The van der Waals surface area contributed by atoms with Crippen LogP contribution in [-0.4, -0.2) is 24.5 Å². The number of nitrogens with one attached hydrogen (secondary N) is 1. The van der Waals surface area contributed by atoms with Gasteiger partial charge in [-0.2, -0.15) is 18.3 Å². The third-order valence-electron chi connectivity index (χ3n) is 5.00. The normalized spacial score (nSPS) is 12.1. The third-order valence-corrected chi connectivity index (χ3v) is 5.00. The molecule has 1 N–H and O–H groups in total. The van der Waals surface area contributed by atoms with E-state index in [1.165, 1.54) is 21.5 Å². The highest BCUT2D eigenvalue weighted by molar-refractivity contribution is 6.07. The van der Waals surface area contributed by atoms with Crippen LogP contribution in [0.1, 0.15) is 5.56 Å². The molecule has 0 bridgehead atoms. The fraction of sp³-hybridized carbons (Fsp3) is 0.0952. The highest BCUT2D eigenvalue weighted by Gasteiger charge is 2.31. The van der Waals surface area contributed by atoms with Gasteiger partial charge in [0.1, 0.15) is 0 Å². The predicted octanol–water partition coefficient (Wildman–Crippen LogP) is 4.29. The van der Waals surface area contributed by atoms with Gasteiger partial charge in [0.15, 0.2) is 5.65 Å². The second kappa shape index (κ2) is 6.31. The number of para-hydroxylation sites is 1. The number of H-pyrrole nitrogens is 1. The molecule has 3 heterocycles. The van der Waals surface area contributed by atoms with Crippen molar-refractivity contribution in [2.45, 2.75) is 6.18 Å². The highest BCUT2D eigenvalue weighted by Crippen LogP contribution is 2.34. The minimum atomic E-state index is -4.51. The van der Waals surface area contributed by atoms with Crippen LogP contribution in [0.5, 0.6) is 0 Å². The lowest BCUT2D eigenvalue weighted by Crippen LogP contribution is -2.14. The number of hydrogen-bond donors (Lipinski definition) is 1. The van der Waals surface area contributed by atoms with Gasteiger partial charge in [0.2, 0.25) is 0 Å². The molecule has 5 rings (SSSR count). The van der Waals surface area contributed by atoms with Gasteiger partial charge < -0.3 is 0 Å². The van der Waals surface area contributed by atoms with Crippen LogP contribution in [0.25, 0.3) is 38.9 Å². The number of pyridine rings is 1. The van der Waals surface area contributed by atoms with E-state index in [9.17, 15) is 18.0 Å². The van der Waals surface area contributed by atoms with Crippen molar-refractivity contribution >= 4 is 21.9 Å². The smallest absolute Gasteiger partial charge is 0.289 e. The lowest BCUT2D eigenvalue weighted by molar-refractivity contribution is -0.137. The molecule has 2 aromatic carbocycles. The lowest BCUT2D eigenvalue weighted by atomic mass is 10.0. The first-order chi connectivity index (χ1) is 14.3. The van der Waals surface area contributed by atoms with E-state index in [0.29, 0.717) is 22.2 Å². The number of fused-ring (bicyclic) bond motifs is 3. The average Bonchev–Trinajstić information content (AvgIpc) is 3.28. The lowest BCUT2D eigenvalue weighted by Gasteiger charge is -2.09. The van der Waals surface area contributed by atoms with Gasteiger partial charge in [-0.05, 0) is 24.3 Å². The molecule has 0 aliphatic heterocycles. The summed E-state index contributed by atoms with van der Waals surface area (Å²) in [6, 6.07) is 13.7. The summed E-state index contributed by atoms with van der Waals surface area (Å²) in [5.41, 5.74) is 0.690. The minimum absolute atomic E-state index is 0.170. The molecule has 0 spiro atoms. The van der Waals surface area contributed by atoms with Crippen molar-refractivity contribution in [1.82, 2.24) is 24.5 Å². The Hall–Kier alpha value is -3.88. The summed E-state index contributed by atoms with van der Waals surface area (Å²) >= 11 is 0. The van der Waals surface area contributed by atoms with Crippen molar-refractivity contribution in [3.63, 3.8) is 0 Å². The van der Waals surface area contributed by atoms with Crippen molar-refractivity contribution in [1.29, 1.82) is 0 Å². The molecule has 9 heteroatoms. The van der Waals surface area contributed by atoms with Crippen molar-refractivity contribution in [3.05, 3.63) is 76.7 Å². The SMILES string of the molecule is Cn1ncc2c3[nH]n(-c4ccccc4)c(=O)c3c(-c3cccc(C(F)(F)F)c3)nc21.